The molecule has 108 valence electrons. The van der Waals surface area contributed by atoms with Gasteiger partial charge in [0, 0.05) is 6.04 Å². The Kier molecular flexibility index (Phi) is 8.70. The van der Waals surface area contributed by atoms with E-state index >= 15 is 0 Å². The highest BCUT2D eigenvalue weighted by atomic mass is 14.9. The summed E-state index contributed by atoms with van der Waals surface area (Å²) in [5.41, 5.74) is 5.85. The lowest BCUT2D eigenvalue weighted by atomic mass is 9.84. The molecule has 1 aliphatic carbocycles. The first kappa shape index (κ1) is 16.0. The molecule has 0 aromatic rings. The van der Waals surface area contributed by atoms with E-state index in [0.29, 0.717) is 6.04 Å². The van der Waals surface area contributed by atoms with Crippen LogP contribution in [0.25, 0.3) is 0 Å². The largest absolute Gasteiger partial charge is 0.330 e. The zero-order valence-corrected chi connectivity index (χ0v) is 12.6. The van der Waals surface area contributed by atoms with Gasteiger partial charge in [-0.3, -0.25) is 0 Å². The van der Waals surface area contributed by atoms with Crippen molar-refractivity contribution in [1.82, 2.24) is 5.32 Å². The molecule has 0 amide bonds. The van der Waals surface area contributed by atoms with Gasteiger partial charge in [0.1, 0.15) is 0 Å². The topological polar surface area (TPSA) is 38.0 Å². The smallest absolute Gasteiger partial charge is 0.0107 e. The molecule has 1 rings (SSSR count). The molecule has 0 bridgehead atoms. The molecule has 1 fully saturated rings. The van der Waals surface area contributed by atoms with Gasteiger partial charge >= 0.3 is 0 Å². The van der Waals surface area contributed by atoms with Gasteiger partial charge in [-0.15, -0.1) is 0 Å². The summed E-state index contributed by atoms with van der Waals surface area (Å²) in [6, 6.07) is 0.708. The van der Waals surface area contributed by atoms with Crippen molar-refractivity contribution in [1.29, 1.82) is 0 Å². The fraction of sp³-hybridized carbons (Fsp3) is 1.00. The van der Waals surface area contributed by atoms with Crippen LogP contribution < -0.4 is 11.1 Å². The highest BCUT2D eigenvalue weighted by Crippen LogP contribution is 2.23. The molecule has 0 saturated heterocycles. The highest BCUT2D eigenvalue weighted by Gasteiger charge is 2.22. The number of nitrogens with one attached hydrogen (secondary N) is 1. The first-order valence-corrected chi connectivity index (χ1v) is 8.17. The van der Waals surface area contributed by atoms with Crippen LogP contribution in [0, 0.1) is 11.8 Å². The van der Waals surface area contributed by atoms with Crippen LogP contribution in [-0.2, 0) is 0 Å². The van der Waals surface area contributed by atoms with E-state index in [1.54, 1.807) is 0 Å². The summed E-state index contributed by atoms with van der Waals surface area (Å²) >= 11 is 0. The molecule has 2 atom stereocenters. The average Bonchev–Trinajstić information content (AvgIpc) is 2.37. The first-order chi connectivity index (χ1) is 8.74. The molecule has 0 spiro atoms. The van der Waals surface area contributed by atoms with Crippen molar-refractivity contribution >= 4 is 0 Å². The summed E-state index contributed by atoms with van der Waals surface area (Å²) in [5, 5.41) is 3.74. The maximum atomic E-state index is 5.85. The Morgan fingerprint density at radius 2 is 1.78 bits per heavy atom. The van der Waals surface area contributed by atoms with Gasteiger partial charge < -0.3 is 11.1 Å². The molecule has 1 saturated carbocycles. The van der Waals surface area contributed by atoms with Crippen LogP contribution in [0.5, 0.6) is 0 Å². The quantitative estimate of drug-likeness (QED) is 0.616. The van der Waals surface area contributed by atoms with Crippen LogP contribution >= 0.6 is 0 Å². The van der Waals surface area contributed by atoms with Crippen molar-refractivity contribution in [2.45, 2.75) is 77.7 Å². The minimum atomic E-state index is 0.708. The fourth-order valence-electron chi connectivity index (χ4n) is 3.08. The molecule has 1 aliphatic rings. The highest BCUT2D eigenvalue weighted by molar-refractivity contribution is 4.81. The second-order valence-electron chi connectivity index (χ2n) is 6.44. The van der Waals surface area contributed by atoms with Crippen molar-refractivity contribution in [2.24, 2.45) is 17.6 Å². The molecular weight excluding hydrogens is 220 g/mol. The van der Waals surface area contributed by atoms with Gasteiger partial charge in [-0.05, 0) is 44.2 Å². The van der Waals surface area contributed by atoms with E-state index in [1.807, 2.05) is 0 Å². The molecule has 2 nitrogen and oxygen atoms in total. The van der Waals surface area contributed by atoms with E-state index in [-0.39, 0.29) is 0 Å². The molecule has 0 aliphatic heterocycles. The summed E-state index contributed by atoms with van der Waals surface area (Å²) < 4.78 is 0. The first-order valence-electron chi connectivity index (χ1n) is 8.17. The standard InChI is InChI=1S/C16H34N2/c1-14(2)9-5-3-4-8-12-18-16-11-7-6-10-15(16)13-17/h14-16,18H,3-13,17H2,1-2H3. The minimum Gasteiger partial charge on any atom is -0.330 e. The molecule has 0 radical (unpaired) electrons. The Balaban J connectivity index is 1.96. The average molecular weight is 254 g/mol. The molecule has 2 heteroatoms. The summed E-state index contributed by atoms with van der Waals surface area (Å²) in [6.45, 7) is 6.70. The molecule has 0 aromatic carbocycles. The third-order valence-corrected chi connectivity index (χ3v) is 4.33. The van der Waals surface area contributed by atoms with Gasteiger partial charge in [-0.1, -0.05) is 52.4 Å². The van der Waals surface area contributed by atoms with Crippen LogP contribution in [0.3, 0.4) is 0 Å². The van der Waals surface area contributed by atoms with Crippen LogP contribution in [0.2, 0.25) is 0 Å². The molecule has 0 aromatic heterocycles. The van der Waals surface area contributed by atoms with Gasteiger partial charge in [-0.25, -0.2) is 0 Å². The normalized spacial score (nSPS) is 24.7. The van der Waals surface area contributed by atoms with E-state index in [0.717, 1.165) is 18.4 Å². The Labute approximate surface area is 114 Å². The second kappa shape index (κ2) is 9.80. The number of unbranched alkanes of at least 4 members (excludes halogenated alkanes) is 3. The Morgan fingerprint density at radius 3 is 2.50 bits per heavy atom. The monoisotopic (exact) mass is 254 g/mol. The maximum absolute atomic E-state index is 5.85. The minimum absolute atomic E-state index is 0.708. The zero-order valence-electron chi connectivity index (χ0n) is 12.6. The van der Waals surface area contributed by atoms with E-state index in [2.05, 4.69) is 19.2 Å². The Morgan fingerprint density at radius 1 is 1.06 bits per heavy atom. The van der Waals surface area contributed by atoms with Crippen LogP contribution in [0.4, 0.5) is 0 Å². The SMILES string of the molecule is CC(C)CCCCCCNC1CCCCC1CN. The maximum Gasteiger partial charge on any atom is 0.0107 e. The molecule has 3 N–H and O–H groups in total. The number of nitrogens with two attached hydrogens (primary N) is 1. The van der Waals surface area contributed by atoms with E-state index in [1.165, 1.54) is 64.3 Å². The lowest BCUT2D eigenvalue weighted by Gasteiger charge is -2.31. The molecule has 18 heavy (non-hydrogen) atoms. The summed E-state index contributed by atoms with van der Waals surface area (Å²) in [7, 11) is 0. The van der Waals surface area contributed by atoms with Crippen molar-refractivity contribution in [2.75, 3.05) is 13.1 Å². The third kappa shape index (κ3) is 6.75. The van der Waals surface area contributed by atoms with Gasteiger partial charge in [0.05, 0.1) is 0 Å². The second-order valence-corrected chi connectivity index (χ2v) is 6.44. The van der Waals surface area contributed by atoms with Crippen molar-refractivity contribution in [3.05, 3.63) is 0 Å². The summed E-state index contributed by atoms with van der Waals surface area (Å²) in [5.74, 6) is 1.61. The molecule has 0 heterocycles. The van der Waals surface area contributed by atoms with Crippen LogP contribution in [0.1, 0.15) is 71.6 Å². The number of rotatable bonds is 9. The van der Waals surface area contributed by atoms with Gasteiger partial charge in [0.25, 0.3) is 0 Å². The van der Waals surface area contributed by atoms with E-state index < -0.39 is 0 Å². The van der Waals surface area contributed by atoms with Crippen molar-refractivity contribution in [3.8, 4) is 0 Å². The third-order valence-electron chi connectivity index (χ3n) is 4.33. The van der Waals surface area contributed by atoms with Crippen LogP contribution in [-0.4, -0.2) is 19.1 Å². The van der Waals surface area contributed by atoms with Gasteiger partial charge in [0.15, 0.2) is 0 Å². The van der Waals surface area contributed by atoms with Gasteiger partial charge in [-0.2, -0.15) is 0 Å². The number of hydrogen-bond donors (Lipinski definition) is 2. The van der Waals surface area contributed by atoms with E-state index in [9.17, 15) is 0 Å². The molecule has 2 unspecified atom stereocenters. The predicted molar refractivity (Wildman–Crippen MR) is 80.7 cm³/mol. The molecular formula is C16H34N2. The lowest BCUT2D eigenvalue weighted by molar-refractivity contribution is 0.267. The van der Waals surface area contributed by atoms with Gasteiger partial charge in [0.2, 0.25) is 0 Å². The fourth-order valence-corrected chi connectivity index (χ4v) is 3.08. The van der Waals surface area contributed by atoms with Crippen molar-refractivity contribution < 1.29 is 0 Å². The lowest BCUT2D eigenvalue weighted by Crippen LogP contribution is -2.42. The number of hydrogen-bond acceptors (Lipinski definition) is 2. The zero-order chi connectivity index (χ0) is 13.2. The predicted octanol–water partition coefficient (Wildman–Crippen LogP) is 3.70. The summed E-state index contributed by atoms with van der Waals surface area (Å²) in [4.78, 5) is 0. The summed E-state index contributed by atoms with van der Waals surface area (Å²) in [6.07, 6.45) is 12.4. The van der Waals surface area contributed by atoms with E-state index in [4.69, 9.17) is 5.73 Å². The van der Waals surface area contributed by atoms with Crippen molar-refractivity contribution in [3.63, 3.8) is 0 Å². The Bertz CT molecular complexity index is 192. The Hall–Kier alpha value is -0.0800. The van der Waals surface area contributed by atoms with Crippen LogP contribution in [0.15, 0.2) is 0 Å².